The van der Waals surface area contributed by atoms with Crippen molar-refractivity contribution in [1.82, 2.24) is 5.43 Å². The lowest BCUT2D eigenvalue weighted by Gasteiger charge is -2.08. The van der Waals surface area contributed by atoms with E-state index in [1.54, 1.807) is 31.5 Å². The largest absolute Gasteiger partial charge is 0.493 e. The lowest BCUT2D eigenvalue weighted by atomic mass is 10.1. The average Bonchev–Trinajstić information content (AvgIpc) is 2.59. The molecule has 0 radical (unpaired) electrons. The Hall–Kier alpha value is -2.04. The van der Waals surface area contributed by atoms with Crippen molar-refractivity contribution in [1.29, 1.82) is 0 Å². The fraction of sp³-hybridized carbons (Fsp3) is 0.556. The number of nitrogens with zero attached hydrogens (tertiary/aromatic N) is 1. The summed E-state index contributed by atoms with van der Waals surface area (Å²) in [7, 11) is 3.10. The number of methoxy groups -OCH3 is 2. The van der Waals surface area contributed by atoms with Crippen molar-refractivity contribution in [2.24, 2.45) is 5.10 Å². The minimum Gasteiger partial charge on any atom is -0.493 e. The van der Waals surface area contributed by atoms with E-state index in [1.807, 2.05) is 0 Å². The Balaban J connectivity index is 2.32. The van der Waals surface area contributed by atoms with Gasteiger partial charge in [-0.2, -0.15) is 5.10 Å². The predicted octanol–water partition coefficient (Wildman–Crippen LogP) is 4.17. The number of amides is 1. The molecule has 1 N–H and O–H groups in total. The number of hydrogen-bond donors (Lipinski definition) is 1. The smallest absolute Gasteiger partial charge is 0.271 e. The molecule has 1 aromatic carbocycles. The summed E-state index contributed by atoms with van der Waals surface area (Å²) in [5, 5.41) is 3.98. The highest BCUT2D eigenvalue weighted by atomic mass is 16.5. The fourth-order valence-corrected chi connectivity index (χ4v) is 2.23. The van der Waals surface area contributed by atoms with Gasteiger partial charge in [-0.1, -0.05) is 39.0 Å². The van der Waals surface area contributed by atoms with Gasteiger partial charge >= 0.3 is 0 Å². The van der Waals surface area contributed by atoms with Crippen LogP contribution in [0.1, 0.15) is 62.2 Å². The molecule has 23 heavy (non-hydrogen) atoms. The third-order valence-electron chi connectivity index (χ3n) is 3.59. The first kappa shape index (κ1) is 19.0. The van der Waals surface area contributed by atoms with Gasteiger partial charge in [0.25, 0.3) is 5.91 Å². The molecule has 128 valence electrons. The summed E-state index contributed by atoms with van der Waals surface area (Å²) < 4.78 is 10.3. The number of ether oxygens (including phenoxy) is 2. The molecule has 0 saturated carbocycles. The third kappa shape index (κ3) is 7.17. The Morgan fingerprint density at radius 1 is 1.09 bits per heavy atom. The van der Waals surface area contributed by atoms with Crippen molar-refractivity contribution in [3.8, 4) is 11.5 Å². The summed E-state index contributed by atoms with van der Waals surface area (Å²) in [4.78, 5) is 12.0. The summed E-state index contributed by atoms with van der Waals surface area (Å²) in [5.74, 6) is 0.858. The third-order valence-corrected chi connectivity index (χ3v) is 3.59. The van der Waals surface area contributed by atoms with Gasteiger partial charge in [-0.05, 0) is 31.0 Å². The second-order valence-corrected chi connectivity index (χ2v) is 5.38. The second-order valence-electron chi connectivity index (χ2n) is 5.38. The number of nitrogens with one attached hydrogen (secondary N) is 1. The fourth-order valence-electron chi connectivity index (χ4n) is 2.23. The molecule has 0 atom stereocenters. The normalized spacial score (nSPS) is 10.7. The van der Waals surface area contributed by atoms with E-state index in [-0.39, 0.29) is 5.91 Å². The van der Waals surface area contributed by atoms with Gasteiger partial charge in [-0.15, -0.1) is 0 Å². The molecule has 0 aliphatic carbocycles. The molecule has 1 rings (SSSR count). The Morgan fingerprint density at radius 2 is 1.78 bits per heavy atom. The van der Waals surface area contributed by atoms with Crippen LogP contribution in [0.5, 0.6) is 11.5 Å². The van der Waals surface area contributed by atoms with Crippen molar-refractivity contribution >= 4 is 12.1 Å². The molecule has 0 heterocycles. The van der Waals surface area contributed by atoms with Gasteiger partial charge in [0.05, 0.1) is 14.2 Å². The van der Waals surface area contributed by atoms with E-state index in [4.69, 9.17) is 9.47 Å². The van der Waals surface area contributed by atoms with Crippen LogP contribution < -0.4 is 14.9 Å². The molecule has 0 aliphatic heterocycles. The predicted molar refractivity (Wildman–Crippen MR) is 93.5 cm³/mol. The minimum absolute atomic E-state index is 0.259. The van der Waals surface area contributed by atoms with Crippen LogP contribution >= 0.6 is 0 Å². The van der Waals surface area contributed by atoms with Crippen molar-refractivity contribution < 1.29 is 14.3 Å². The van der Waals surface area contributed by atoms with Crippen LogP contribution in [0.3, 0.4) is 0 Å². The van der Waals surface area contributed by atoms with E-state index in [0.717, 1.165) is 12.8 Å². The maximum Gasteiger partial charge on any atom is 0.271 e. The van der Waals surface area contributed by atoms with E-state index in [1.165, 1.54) is 39.2 Å². The van der Waals surface area contributed by atoms with Crippen molar-refractivity contribution in [2.75, 3.05) is 14.2 Å². The summed E-state index contributed by atoms with van der Waals surface area (Å²) in [6.45, 7) is 2.22. The van der Waals surface area contributed by atoms with Gasteiger partial charge in [-0.25, -0.2) is 5.43 Å². The number of carbonyl (C=O) groups excluding carboxylic acids is 1. The number of unbranched alkanes of at least 4 members (excludes halogenated alkanes) is 6. The van der Waals surface area contributed by atoms with Crippen LogP contribution in [-0.2, 0) is 0 Å². The average molecular weight is 320 g/mol. The van der Waals surface area contributed by atoms with Gasteiger partial charge in [0.15, 0.2) is 11.5 Å². The molecular weight excluding hydrogens is 292 g/mol. The highest BCUT2D eigenvalue weighted by molar-refractivity contribution is 5.95. The molecule has 0 aromatic heterocycles. The molecule has 1 aromatic rings. The zero-order valence-corrected chi connectivity index (χ0v) is 14.4. The number of carbonyl (C=O) groups is 1. The van der Waals surface area contributed by atoms with Crippen LogP contribution in [0.4, 0.5) is 0 Å². The van der Waals surface area contributed by atoms with E-state index in [9.17, 15) is 4.79 Å². The Kier molecular flexibility index (Phi) is 9.52. The quantitative estimate of drug-likeness (QED) is 0.378. The first-order valence-electron chi connectivity index (χ1n) is 8.26. The van der Waals surface area contributed by atoms with Crippen molar-refractivity contribution in [3.63, 3.8) is 0 Å². The first-order valence-corrected chi connectivity index (χ1v) is 8.26. The molecule has 0 saturated heterocycles. The van der Waals surface area contributed by atoms with Crippen LogP contribution in [0.25, 0.3) is 0 Å². The first-order chi connectivity index (χ1) is 11.2. The van der Waals surface area contributed by atoms with Crippen molar-refractivity contribution in [3.05, 3.63) is 23.8 Å². The molecule has 0 fully saturated rings. The molecule has 0 aliphatic rings. The van der Waals surface area contributed by atoms with Crippen LogP contribution in [0.2, 0.25) is 0 Å². The molecule has 1 amide bonds. The van der Waals surface area contributed by atoms with E-state index in [2.05, 4.69) is 17.5 Å². The summed E-state index contributed by atoms with van der Waals surface area (Å²) in [6.07, 6.45) is 10.1. The topological polar surface area (TPSA) is 59.9 Å². The summed E-state index contributed by atoms with van der Waals surface area (Å²) in [6, 6.07) is 5.02. The Morgan fingerprint density at radius 3 is 2.48 bits per heavy atom. The second kappa shape index (κ2) is 11.5. The SMILES string of the molecule is CCCCCCCCC=NNC(=O)c1ccc(OC)c(OC)c1. The Bertz CT molecular complexity index is 501. The maximum absolute atomic E-state index is 12.0. The number of hydrazone groups is 1. The molecular formula is C18H28N2O3. The zero-order valence-electron chi connectivity index (χ0n) is 14.4. The monoisotopic (exact) mass is 320 g/mol. The summed E-state index contributed by atoms with van der Waals surface area (Å²) in [5.41, 5.74) is 3.02. The van der Waals surface area contributed by atoms with Crippen LogP contribution in [0, 0.1) is 0 Å². The van der Waals surface area contributed by atoms with E-state index in [0.29, 0.717) is 17.1 Å². The van der Waals surface area contributed by atoms with Crippen LogP contribution in [0.15, 0.2) is 23.3 Å². The zero-order chi connectivity index (χ0) is 16.9. The number of benzene rings is 1. The van der Waals surface area contributed by atoms with Gasteiger partial charge in [-0.3, -0.25) is 4.79 Å². The molecule has 0 unspecified atom stereocenters. The van der Waals surface area contributed by atoms with Gasteiger partial charge in [0, 0.05) is 11.8 Å². The maximum atomic E-state index is 12.0. The minimum atomic E-state index is -0.259. The molecule has 0 spiro atoms. The molecule has 5 heteroatoms. The van der Waals surface area contributed by atoms with Gasteiger partial charge in [0.1, 0.15) is 0 Å². The van der Waals surface area contributed by atoms with E-state index < -0.39 is 0 Å². The summed E-state index contributed by atoms with van der Waals surface area (Å²) >= 11 is 0. The van der Waals surface area contributed by atoms with E-state index >= 15 is 0 Å². The van der Waals surface area contributed by atoms with Gasteiger partial charge < -0.3 is 9.47 Å². The number of hydrogen-bond acceptors (Lipinski definition) is 4. The standard InChI is InChI=1S/C18H28N2O3/c1-4-5-6-7-8-9-10-13-19-20-18(21)15-11-12-16(22-2)17(14-15)23-3/h11-14H,4-10H2,1-3H3,(H,20,21). The lowest BCUT2D eigenvalue weighted by molar-refractivity contribution is 0.0954. The molecule has 5 nitrogen and oxygen atoms in total. The van der Waals surface area contributed by atoms with Gasteiger partial charge in [0.2, 0.25) is 0 Å². The Labute approximate surface area is 139 Å². The van der Waals surface area contributed by atoms with Crippen molar-refractivity contribution in [2.45, 2.75) is 51.9 Å². The molecule has 0 bridgehead atoms. The van der Waals surface area contributed by atoms with Crippen LogP contribution in [-0.4, -0.2) is 26.3 Å². The number of rotatable bonds is 11. The highest BCUT2D eigenvalue weighted by Crippen LogP contribution is 2.27. The lowest BCUT2D eigenvalue weighted by Crippen LogP contribution is -2.17. The highest BCUT2D eigenvalue weighted by Gasteiger charge is 2.09.